The van der Waals surface area contributed by atoms with Crippen molar-refractivity contribution >= 4 is 5.57 Å². The average molecular weight is 298 g/mol. The SMILES string of the molecule is COc1ccc(C2=CCN(Cc3c(C)noc3C)CC2)cc1. The van der Waals surface area contributed by atoms with Gasteiger partial charge in [0.15, 0.2) is 0 Å². The second-order valence-corrected chi connectivity index (χ2v) is 5.75. The standard InChI is InChI=1S/C18H22N2O2/c1-13-18(14(2)22-19-13)12-20-10-8-16(9-11-20)15-4-6-17(21-3)7-5-15/h4-8H,9-12H2,1-3H3. The second-order valence-electron chi connectivity index (χ2n) is 5.75. The number of aryl methyl sites for hydroxylation is 2. The van der Waals surface area contributed by atoms with Gasteiger partial charge in [0.2, 0.25) is 0 Å². The Balaban J connectivity index is 1.66. The molecule has 0 N–H and O–H groups in total. The van der Waals surface area contributed by atoms with E-state index in [0.29, 0.717) is 0 Å². The lowest BCUT2D eigenvalue weighted by Gasteiger charge is -2.26. The van der Waals surface area contributed by atoms with E-state index < -0.39 is 0 Å². The summed E-state index contributed by atoms with van der Waals surface area (Å²) in [6.07, 6.45) is 3.39. The van der Waals surface area contributed by atoms with E-state index in [9.17, 15) is 0 Å². The molecule has 0 atom stereocenters. The van der Waals surface area contributed by atoms with Crippen LogP contribution in [-0.2, 0) is 6.54 Å². The topological polar surface area (TPSA) is 38.5 Å². The molecule has 0 fully saturated rings. The number of benzene rings is 1. The molecule has 0 unspecified atom stereocenters. The molecule has 0 spiro atoms. The number of aromatic nitrogens is 1. The van der Waals surface area contributed by atoms with Gasteiger partial charge < -0.3 is 9.26 Å². The van der Waals surface area contributed by atoms with E-state index in [1.807, 2.05) is 26.0 Å². The van der Waals surface area contributed by atoms with Crippen molar-refractivity contribution in [2.24, 2.45) is 0 Å². The zero-order valence-electron chi connectivity index (χ0n) is 13.4. The Morgan fingerprint density at radius 1 is 1.23 bits per heavy atom. The minimum absolute atomic E-state index is 0.903. The van der Waals surface area contributed by atoms with E-state index in [0.717, 1.165) is 43.3 Å². The lowest BCUT2D eigenvalue weighted by atomic mass is 9.99. The zero-order chi connectivity index (χ0) is 15.5. The van der Waals surface area contributed by atoms with Crippen LogP contribution in [0.5, 0.6) is 5.75 Å². The molecule has 0 radical (unpaired) electrons. The number of rotatable bonds is 4. The maximum atomic E-state index is 5.25. The third-order valence-electron chi connectivity index (χ3n) is 4.32. The van der Waals surface area contributed by atoms with Gasteiger partial charge in [-0.1, -0.05) is 23.4 Å². The largest absolute Gasteiger partial charge is 0.497 e. The summed E-state index contributed by atoms with van der Waals surface area (Å²) in [6, 6.07) is 8.31. The van der Waals surface area contributed by atoms with Crippen LogP contribution in [0.15, 0.2) is 34.9 Å². The second kappa shape index (κ2) is 6.36. The van der Waals surface area contributed by atoms with Gasteiger partial charge in [-0.3, -0.25) is 4.90 Å². The third kappa shape index (κ3) is 3.07. The number of nitrogens with zero attached hydrogens (tertiary/aromatic N) is 2. The molecule has 2 aromatic rings. The van der Waals surface area contributed by atoms with Gasteiger partial charge in [-0.05, 0) is 43.5 Å². The summed E-state index contributed by atoms with van der Waals surface area (Å²) in [7, 11) is 1.70. The summed E-state index contributed by atoms with van der Waals surface area (Å²) in [4.78, 5) is 2.43. The Morgan fingerprint density at radius 3 is 2.55 bits per heavy atom. The monoisotopic (exact) mass is 298 g/mol. The van der Waals surface area contributed by atoms with Crippen molar-refractivity contribution in [3.63, 3.8) is 0 Å². The molecule has 0 amide bonds. The maximum absolute atomic E-state index is 5.25. The van der Waals surface area contributed by atoms with Crippen molar-refractivity contribution in [1.82, 2.24) is 10.1 Å². The highest BCUT2D eigenvalue weighted by Gasteiger charge is 2.17. The summed E-state index contributed by atoms with van der Waals surface area (Å²) in [5.74, 6) is 1.84. The highest BCUT2D eigenvalue weighted by atomic mass is 16.5. The van der Waals surface area contributed by atoms with Gasteiger partial charge >= 0.3 is 0 Å². The minimum atomic E-state index is 0.903. The van der Waals surface area contributed by atoms with Crippen LogP contribution >= 0.6 is 0 Å². The summed E-state index contributed by atoms with van der Waals surface area (Å²) >= 11 is 0. The molecule has 0 saturated heterocycles. The van der Waals surface area contributed by atoms with Gasteiger partial charge in [-0.15, -0.1) is 0 Å². The van der Waals surface area contributed by atoms with Crippen LogP contribution in [0, 0.1) is 13.8 Å². The highest BCUT2D eigenvalue weighted by Crippen LogP contribution is 2.25. The molecule has 1 aromatic carbocycles. The summed E-state index contributed by atoms with van der Waals surface area (Å²) in [5.41, 5.74) is 4.93. The van der Waals surface area contributed by atoms with Crippen molar-refractivity contribution in [2.75, 3.05) is 20.2 Å². The lowest BCUT2D eigenvalue weighted by Crippen LogP contribution is -2.28. The Bertz CT molecular complexity index is 651. The first kappa shape index (κ1) is 14.9. The molecule has 0 bridgehead atoms. The molecule has 4 nitrogen and oxygen atoms in total. The molecule has 1 aromatic heterocycles. The highest BCUT2D eigenvalue weighted by molar-refractivity contribution is 5.67. The molecule has 22 heavy (non-hydrogen) atoms. The number of methoxy groups -OCH3 is 1. The number of hydrogen-bond donors (Lipinski definition) is 0. The van der Waals surface area contributed by atoms with Crippen molar-refractivity contribution in [3.05, 3.63) is 52.9 Å². The molecule has 116 valence electrons. The first-order chi connectivity index (χ1) is 10.7. The van der Waals surface area contributed by atoms with Crippen LogP contribution in [0.3, 0.4) is 0 Å². The molecule has 0 aliphatic carbocycles. The third-order valence-corrected chi connectivity index (χ3v) is 4.32. The smallest absolute Gasteiger partial charge is 0.138 e. The van der Waals surface area contributed by atoms with Crippen LogP contribution in [0.25, 0.3) is 5.57 Å². The average Bonchev–Trinajstić information content (AvgIpc) is 2.88. The Labute approximate surface area is 131 Å². The van der Waals surface area contributed by atoms with Crippen LogP contribution in [0.1, 0.15) is 29.0 Å². The van der Waals surface area contributed by atoms with Crippen molar-refractivity contribution in [3.8, 4) is 5.75 Å². The fraction of sp³-hybridized carbons (Fsp3) is 0.389. The lowest BCUT2D eigenvalue weighted by molar-refractivity contribution is 0.291. The van der Waals surface area contributed by atoms with Crippen LogP contribution in [-0.4, -0.2) is 30.3 Å². The van der Waals surface area contributed by atoms with Gasteiger partial charge in [-0.2, -0.15) is 0 Å². The molecule has 3 rings (SSSR count). The zero-order valence-corrected chi connectivity index (χ0v) is 13.4. The molecule has 2 heterocycles. The normalized spacial score (nSPS) is 15.7. The van der Waals surface area contributed by atoms with E-state index in [1.54, 1.807) is 7.11 Å². The Hall–Kier alpha value is -2.07. The molecular weight excluding hydrogens is 276 g/mol. The molecule has 4 heteroatoms. The first-order valence-corrected chi connectivity index (χ1v) is 7.65. The van der Waals surface area contributed by atoms with Crippen molar-refractivity contribution in [2.45, 2.75) is 26.8 Å². The maximum Gasteiger partial charge on any atom is 0.138 e. The van der Waals surface area contributed by atoms with Crippen LogP contribution < -0.4 is 4.74 Å². The quantitative estimate of drug-likeness (QED) is 0.864. The van der Waals surface area contributed by atoms with E-state index in [1.165, 1.54) is 16.7 Å². The van der Waals surface area contributed by atoms with Gasteiger partial charge in [0.05, 0.1) is 12.8 Å². The van der Waals surface area contributed by atoms with Crippen LogP contribution in [0.4, 0.5) is 0 Å². The fourth-order valence-corrected chi connectivity index (χ4v) is 2.87. The minimum Gasteiger partial charge on any atom is -0.497 e. The molecule has 1 aliphatic heterocycles. The predicted molar refractivity (Wildman–Crippen MR) is 86.8 cm³/mol. The fourth-order valence-electron chi connectivity index (χ4n) is 2.87. The van der Waals surface area contributed by atoms with E-state index in [4.69, 9.17) is 9.26 Å². The van der Waals surface area contributed by atoms with Crippen LogP contribution in [0.2, 0.25) is 0 Å². The Morgan fingerprint density at radius 2 is 2.00 bits per heavy atom. The van der Waals surface area contributed by atoms with Gasteiger partial charge in [0.1, 0.15) is 11.5 Å². The van der Waals surface area contributed by atoms with Gasteiger partial charge in [0.25, 0.3) is 0 Å². The van der Waals surface area contributed by atoms with Crippen molar-refractivity contribution < 1.29 is 9.26 Å². The van der Waals surface area contributed by atoms with Crippen molar-refractivity contribution in [1.29, 1.82) is 0 Å². The number of ether oxygens (including phenoxy) is 1. The van der Waals surface area contributed by atoms with E-state index in [-0.39, 0.29) is 0 Å². The first-order valence-electron chi connectivity index (χ1n) is 7.65. The van der Waals surface area contributed by atoms with E-state index in [2.05, 4.69) is 28.3 Å². The number of hydrogen-bond acceptors (Lipinski definition) is 4. The molecular formula is C18H22N2O2. The van der Waals surface area contributed by atoms with Gasteiger partial charge in [-0.25, -0.2) is 0 Å². The summed E-state index contributed by atoms with van der Waals surface area (Å²) in [5, 5.41) is 4.03. The molecule has 1 aliphatic rings. The van der Waals surface area contributed by atoms with E-state index >= 15 is 0 Å². The van der Waals surface area contributed by atoms with Gasteiger partial charge in [0, 0.05) is 25.2 Å². The molecule has 0 saturated carbocycles. The Kier molecular flexibility index (Phi) is 4.29. The summed E-state index contributed by atoms with van der Waals surface area (Å²) in [6.45, 7) is 6.92. The predicted octanol–water partition coefficient (Wildman–Crippen LogP) is 3.59. The summed E-state index contributed by atoms with van der Waals surface area (Å²) < 4.78 is 10.5.